The maximum Gasteiger partial charge on any atom is 0.317 e. The molecule has 124 valence electrons. The van der Waals surface area contributed by atoms with Gasteiger partial charge in [0.1, 0.15) is 0 Å². The van der Waals surface area contributed by atoms with Crippen LogP contribution in [0.4, 0.5) is 4.79 Å². The number of rotatable bonds is 5. The van der Waals surface area contributed by atoms with Gasteiger partial charge in [-0.05, 0) is 19.8 Å². The third-order valence-corrected chi connectivity index (χ3v) is 6.72. The smallest absolute Gasteiger partial charge is 0.317 e. The molecule has 0 aliphatic carbocycles. The van der Waals surface area contributed by atoms with E-state index in [0.29, 0.717) is 19.0 Å². The Labute approximate surface area is 135 Å². The molecule has 1 saturated heterocycles. The number of aromatic nitrogens is 1. The third-order valence-electron chi connectivity index (χ3n) is 3.90. The van der Waals surface area contributed by atoms with Crippen molar-refractivity contribution in [2.45, 2.75) is 38.6 Å². The van der Waals surface area contributed by atoms with Crippen LogP contribution < -0.4 is 5.32 Å². The number of sulfone groups is 1. The fourth-order valence-corrected chi connectivity index (χ4v) is 4.50. The number of nitrogens with zero attached hydrogens (tertiary/aromatic N) is 2. The van der Waals surface area contributed by atoms with Gasteiger partial charge < -0.3 is 10.2 Å². The summed E-state index contributed by atoms with van der Waals surface area (Å²) in [5.41, 5.74) is 0. The van der Waals surface area contributed by atoms with E-state index in [2.05, 4.69) is 10.3 Å². The molecule has 0 unspecified atom stereocenters. The van der Waals surface area contributed by atoms with Crippen LogP contribution in [0, 0.1) is 0 Å². The van der Waals surface area contributed by atoms with Crippen molar-refractivity contribution in [3.05, 3.63) is 16.6 Å². The third kappa shape index (κ3) is 4.67. The molecule has 0 saturated carbocycles. The van der Waals surface area contributed by atoms with Gasteiger partial charge in [-0.25, -0.2) is 18.2 Å². The van der Waals surface area contributed by atoms with Gasteiger partial charge in [-0.1, -0.05) is 6.92 Å². The number of likely N-dealkylation sites (tertiary alicyclic amines) is 1. The zero-order chi connectivity index (χ0) is 16.2. The van der Waals surface area contributed by atoms with Crippen LogP contribution in [0.25, 0.3) is 0 Å². The van der Waals surface area contributed by atoms with Crippen LogP contribution in [-0.4, -0.2) is 55.0 Å². The highest BCUT2D eigenvalue weighted by Gasteiger charge is 2.26. The van der Waals surface area contributed by atoms with Crippen molar-refractivity contribution in [3.63, 3.8) is 0 Å². The largest absolute Gasteiger partial charge is 0.335 e. The molecule has 6 nitrogen and oxygen atoms in total. The van der Waals surface area contributed by atoms with Gasteiger partial charge in [0.15, 0.2) is 9.84 Å². The van der Waals surface area contributed by atoms with Gasteiger partial charge in [0.05, 0.1) is 10.8 Å². The Kier molecular flexibility index (Phi) is 5.80. The van der Waals surface area contributed by atoms with Crippen molar-refractivity contribution in [2.24, 2.45) is 0 Å². The minimum Gasteiger partial charge on any atom is -0.335 e. The summed E-state index contributed by atoms with van der Waals surface area (Å²) < 4.78 is 23.1. The Hall–Kier alpha value is -1.15. The van der Waals surface area contributed by atoms with E-state index in [-0.39, 0.29) is 23.6 Å². The summed E-state index contributed by atoms with van der Waals surface area (Å²) in [6.45, 7) is 4.72. The summed E-state index contributed by atoms with van der Waals surface area (Å²) in [6, 6.07) is -0.537. The van der Waals surface area contributed by atoms with E-state index in [1.54, 1.807) is 30.1 Å². The topological polar surface area (TPSA) is 79.4 Å². The van der Waals surface area contributed by atoms with Crippen molar-refractivity contribution in [1.82, 2.24) is 15.2 Å². The van der Waals surface area contributed by atoms with E-state index in [4.69, 9.17) is 0 Å². The number of hydrogen-bond acceptors (Lipinski definition) is 5. The number of urea groups is 1. The average Bonchev–Trinajstić information content (AvgIpc) is 3.01. The van der Waals surface area contributed by atoms with Crippen LogP contribution in [0.15, 0.2) is 11.6 Å². The van der Waals surface area contributed by atoms with E-state index in [0.717, 1.165) is 17.8 Å². The predicted molar refractivity (Wildman–Crippen MR) is 88.0 cm³/mol. The van der Waals surface area contributed by atoms with Gasteiger partial charge in [0, 0.05) is 42.4 Å². The monoisotopic (exact) mass is 345 g/mol. The maximum atomic E-state index is 12.2. The molecule has 0 spiro atoms. The number of nitrogens with one attached hydrogen (secondary N) is 1. The molecule has 22 heavy (non-hydrogen) atoms. The number of carbonyl (C=O) groups excluding carboxylic acids is 1. The molecular formula is C14H23N3O3S2. The number of amides is 2. The molecule has 2 rings (SSSR count). The molecule has 2 amide bonds. The van der Waals surface area contributed by atoms with Gasteiger partial charge in [-0.15, -0.1) is 11.3 Å². The van der Waals surface area contributed by atoms with Crippen molar-refractivity contribution in [2.75, 3.05) is 24.6 Å². The SMILES string of the molecule is CCS(=O)(=O)C[C@@H](C)NC(=O)N1CCC(c2nccs2)CC1. The van der Waals surface area contributed by atoms with E-state index in [1.807, 2.05) is 11.6 Å². The van der Waals surface area contributed by atoms with E-state index >= 15 is 0 Å². The summed E-state index contributed by atoms with van der Waals surface area (Å²) in [5.74, 6) is 0.527. The Balaban J connectivity index is 1.80. The lowest BCUT2D eigenvalue weighted by molar-refractivity contribution is 0.179. The molecule has 0 radical (unpaired) electrons. The average molecular weight is 345 g/mol. The second kappa shape index (κ2) is 7.41. The van der Waals surface area contributed by atoms with Gasteiger partial charge in [-0.2, -0.15) is 0 Å². The first kappa shape index (κ1) is 17.2. The summed E-state index contributed by atoms with van der Waals surface area (Å²) >= 11 is 1.66. The highest BCUT2D eigenvalue weighted by Crippen LogP contribution is 2.29. The first-order chi connectivity index (χ1) is 10.4. The summed E-state index contributed by atoms with van der Waals surface area (Å²) in [6.07, 6.45) is 3.63. The second-order valence-corrected chi connectivity index (χ2v) is 9.01. The van der Waals surface area contributed by atoms with Crippen LogP contribution in [-0.2, 0) is 9.84 Å². The summed E-state index contributed by atoms with van der Waals surface area (Å²) in [5, 5.41) is 5.90. The standard InChI is InChI=1S/C14H23N3O3S2/c1-3-22(19,20)10-11(2)16-14(18)17-7-4-12(5-8-17)13-15-6-9-21-13/h6,9,11-12H,3-5,7-8,10H2,1-2H3,(H,16,18)/t11-/m1/s1. The minimum absolute atomic E-state index is 0.00911. The Morgan fingerprint density at radius 1 is 1.50 bits per heavy atom. The van der Waals surface area contributed by atoms with Crippen LogP contribution in [0.5, 0.6) is 0 Å². The molecule has 1 atom stereocenters. The molecule has 1 fully saturated rings. The first-order valence-corrected chi connectivity index (χ1v) is 10.3. The maximum absolute atomic E-state index is 12.2. The van der Waals surface area contributed by atoms with Crippen molar-refractivity contribution in [1.29, 1.82) is 0 Å². The fourth-order valence-electron chi connectivity index (χ4n) is 2.61. The number of piperidine rings is 1. The first-order valence-electron chi connectivity index (χ1n) is 7.56. The summed E-state index contributed by atoms with van der Waals surface area (Å²) in [7, 11) is -3.07. The molecule has 0 bridgehead atoms. The highest BCUT2D eigenvalue weighted by atomic mass is 32.2. The lowest BCUT2D eigenvalue weighted by atomic mass is 9.98. The lowest BCUT2D eigenvalue weighted by Crippen LogP contribution is -2.48. The van der Waals surface area contributed by atoms with Gasteiger partial charge in [0.2, 0.25) is 0 Å². The highest BCUT2D eigenvalue weighted by molar-refractivity contribution is 7.91. The Bertz CT molecular complexity index is 578. The molecular weight excluding hydrogens is 322 g/mol. The normalized spacial score (nSPS) is 18.2. The van der Waals surface area contributed by atoms with Gasteiger partial charge >= 0.3 is 6.03 Å². The Morgan fingerprint density at radius 2 is 2.18 bits per heavy atom. The second-order valence-electron chi connectivity index (χ2n) is 5.68. The predicted octanol–water partition coefficient (Wildman–Crippen LogP) is 1.86. The van der Waals surface area contributed by atoms with E-state index in [1.165, 1.54) is 0 Å². The molecule has 1 aliphatic heterocycles. The van der Waals surface area contributed by atoms with Crippen LogP contribution >= 0.6 is 11.3 Å². The van der Waals surface area contributed by atoms with Crippen molar-refractivity contribution < 1.29 is 13.2 Å². The van der Waals surface area contributed by atoms with Crippen molar-refractivity contribution in [3.8, 4) is 0 Å². The van der Waals surface area contributed by atoms with Gasteiger partial charge in [-0.3, -0.25) is 0 Å². The molecule has 1 aliphatic rings. The minimum atomic E-state index is -3.07. The summed E-state index contributed by atoms with van der Waals surface area (Å²) in [4.78, 5) is 18.3. The van der Waals surface area contributed by atoms with E-state index < -0.39 is 9.84 Å². The van der Waals surface area contributed by atoms with Crippen LogP contribution in [0.1, 0.15) is 37.6 Å². The zero-order valence-electron chi connectivity index (χ0n) is 13.0. The van der Waals surface area contributed by atoms with Crippen LogP contribution in [0.2, 0.25) is 0 Å². The quantitative estimate of drug-likeness (QED) is 0.883. The molecule has 2 heterocycles. The Morgan fingerprint density at radius 3 is 2.73 bits per heavy atom. The number of thiazole rings is 1. The van der Waals surface area contributed by atoms with E-state index in [9.17, 15) is 13.2 Å². The number of hydrogen-bond donors (Lipinski definition) is 1. The molecule has 1 aromatic rings. The van der Waals surface area contributed by atoms with Gasteiger partial charge in [0.25, 0.3) is 0 Å². The molecule has 1 N–H and O–H groups in total. The lowest BCUT2D eigenvalue weighted by Gasteiger charge is -2.32. The molecule has 8 heteroatoms. The number of carbonyl (C=O) groups is 1. The van der Waals surface area contributed by atoms with Crippen molar-refractivity contribution >= 4 is 27.2 Å². The molecule has 0 aromatic carbocycles. The fraction of sp³-hybridized carbons (Fsp3) is 0.714. The molecule has 1 aromatic heterocycles. The zero-order valence-corrected chi connectivity index (χ0v) is 14.6. The van der Waals surface area contributed by atoms with Crippen LogP contribution in [0.3, 0.4) is 0 Å².